The summed E-state index contributed by atoms with van der Waals surface area (Å²) in [5.74, 6) is -0.938. The zero-order valence-corrected chi connectivity index (χ0v) is 15.0. The summed E-state index contributed by atoms with van der Waals surface area (Å²) in [6, 6.07) is 1.33. The minimum absolute atomic E-state index is 0.144. The summed E-state index contributed by atoms with van der Waals surface area (Å²) in [5, 5.41) is 12.5. The molecule has 2 atom stereocenters. The lowest BCUT2D eigenvalue weighted by atomic mass is 9.96. The fraction of sp³-hybridized carbons (Fsp3) is 0.500. The standard InChI is InChI=1S/C18H25NO6/c1-5-11(2)16(21)15-13(20)10-14(25-17(15)22)12(3)8-6-7-9-19-18(23)24-4/h7,9-12,20H,5-6,8H2,1-4H3,(H,19,23)/b9-7+. The molecule has 2 N–H and O–H groups in total. The molecule has 7 heteroatoms. The summed E-state index contributed by atoms with van der Waals surface area (Å²) in [6.45, 7) is 5.38. The molecule has 7 nitrogen and oxygen atoms in total. The van der Waals surface area contributed by atoms with Gasteiger partial charge in [-0.15, -0.1) is 0 Å². The van der Waals surface area contributed by atoms with Gasteiger partial charge in [0.2, 0.25) is 0 Å². The normalized spacial score (nSPS) is 13.4. The maximum absolute atomic E-state index is 12.1. The van der Waals surface area contributed by atoms with Gasteiger partial charge in [0.1, 0.15) is 17.1 Å². The number of carbonyl (C=O) groups excluding carboxylic acids is 2. The SMILES string of the molecule is CCC(C)C(=O)c1c(O)cc(C(C)CC/C=C/NC(=O)OC)oc1=O. The zero-order valence-electron chi connectivity index (χ0n) is 15.0. The molecule has 0 aliphatic rings. The number of carbonyl (C=O) groups is 2. The van der Waals surface area contributed by atoms with Gasteiger partial charge in [-0.2, -0.15) is 0 Å². The Morgan fingerprint density at radius 2 is 2.08 bits per heavy atom. The van der Waals surface area contributed by atoms with Gasteiger partial charge in [0.15, 0.2) is 5.78 Å². The van der Waals surface area contributed by atoms with E-state index in [0.29, 0.717) is 25.0 Å². The third kappa shape index (κ3) is 5.77. The molecule has 0 radical (unpaired) electrons. The van der Waals surface area contributed by atoms with E-state index < -0.39 is 17.5 Å². The third-order valence-corrected chi connectivity index (χ3v) is 4.01. The van der Waals surface area contributed by atoms with Crippen molar-refractivity contribution in [2.45, 2.75) is 46.0 Å². The number of hydrogen-bond acceptors (Lipinski definition) is 6. The van der Waals surface area contributed by atoms with Crippen molar-refractivity contribution in [2.24, 2.45) is 5.92 Å². The van der Waals surface area contributed by atoms with Gasteiger partial charge in [-0.1, -0.05) is 26.8 Å². The highest BCUT2D eigenvalue weighted by atomic mass is 16.5. The second-order valence-corrected chi connectivity index (χ2v) is 5.89. The van der Waals surface area contributed by atoms with E-state index in [1.807, 2.05) is 13.8 Å². The number of Topliss-reactive ketones (excluding diaryl/α,β-unsaturated/α-hetero) is 1. The maximum Gasteiger partial charge on any atom is 0.410 e. The molecule has 0 aliphatic carbocycles. The Bertz CT molecular complexity index is 691. The van der Waals surface area contributed by atoms with E-state index in [9.17, 15) is 19.5 Å². The molecule has 25 heavy (non-hydrogen) atoms. The minimum Gasteiger partial charge on any atom is -0.507 e. The van der Waals surface area contributed by atoms with E-state index in [1.165, 1.54) is 19.4 Å². The first-order valence-corrected chi connectivity index (χ1v) is 8.22. The van der Waals surface area contributed by atoms with E-state index >= 15 is 0 Å². The number of methoxy groups -OCH3 is 1. The van der Waals surface area contributed by atoms with Crippen molar-refractivity contribution in [3.8, 4) is 5.75 Å². The molecule has 1 heterocycles. The monoisotopic (exact) mass is 351 g/mol. The highest BCUT2D eigenvalue weighted by molar-refractivity contribution is 5.99. The topological polar surface area (TPSA) is 106 Å². The fourth-order valence-electron chi connectivity index (χ4n) is 2.16. The lowest BCUT2D eigenvalue weighted by Crippen LogP contribution is -2.20. The first-order valence-electron chi connectivity index (χ1n) is 8.22. The lowest BCUT2D eigenvalue weighted by molar-refractivity contribution is 0.0919. The predicted molar refractivity (Wildman–Crippen MR) is 92.8 cm³/mol. The van der Waals surface area contributed by atoms with Crippen LogP contribution in [-0.4, -0.2) is 24.1 Å². The smallest absolute Gasteiger partial charge is 0.410 e. The lowest BCUT2D eigenvalue weighted by Gasteiger charge is -2.12. The number of ketones is 1. The highest BCUT2D eigenvalue weighted by Crippen LogP contribution is 2.26. The molecule has 0 saturated heterocycles. The molecule has 0 spiro atoms. The van der Waals surface area contributed by atoms with Gasteiger partial charge in [0.25, 0.3) is 0 Å². The summed E-state index contributed by atoms with van der Waals surface area (Å²) < 4.78 is 9.65. The van der Waals surface area contributed by atoms with Crippen LogP contribution in [0.3, 0.4) is 0 Å². The van der Waals surface area contributed by atoms with Crippen LogP contribution in [-0.2, 0) is 4.74 Å². The molecule has 0 bridgehead atoms. The van der Waals surface area contributed by atoms with Crippen molar-refractivity contribution in [1.82, 2.24) is 5.32 Å². The quantitative estimate of drug-likeness (QED) is 0.696. The molecule has 0 fully saturated rings. The number of hydrogen-bond donors (Lipinski definition) is 2. The molecule has 0 saturated carbocycles. The van der Waals surface area contributed by atoms with E-state index in [4.69, 9.17) is 4.42 Å². The number of allylic oxidation sites excluding steroid dienone is 1. The van der Waals surface area contributed by atoms with Crippen LogP contribution in [0.25, 0.3) is 0 Å². The molecule has 1 rings (SSSR count). The van der Waals surface area contributed by atoms with Gasteiger partial charge < -0.3 is 14.3 Å². The van der Waals surface area contributed by atoms with Crippen LogP contribution in [0.1, 0.15) is 62.1 Å². The zero-order chi connectivity index (χ0) is 19.0. The van der Waals surface area contributed by atoms with Gasteiger partial charge >= 0.3 is 11.7 Å². The van der Waals surface area contributed by atoms with Gasteiger partial charge in [-0.05, 0) is 19.3 Å². The number of amides is 1. The highest BCUT2D eigenvalue weighted by Gasteiger charge is 2.24. The van der Waals surface area contributed by atoms with E-state index in [1.54, 1.807) is 13.0 Å². The molecule has 0 aromatic carbocycles. The molecule has 1 aromatic heterocycles. The number of alkyl carbamates (subject to hydrolysis) is 1. The first-order chi connectivity index (χ1) is 11.8. The predicted octanol–water partition coefficient (Wildman–Crippen LogP) is 3.33. The minimum atomic E-state index is -0.810. The molecule has 0 aliphatic heterocycles. The summed E-state index contributed by atoms with van der Waals surface area (Å²) in [5.41, 5.74) is -1.09. The molecule has 1 aromatic rings. The summed E-state index contributed by atoms with van der Waals surface area (Å²) in [6.07, 6.45) is 4.47. The van der Waals surface area contributed by atoms with Crippen molar-refractivity contribution in [2.75, 3.05) is 7.11 Å². The Kier molecular flexibility index (Phi) is 7.91. The second kappa shape index (κ2) is 9.66. The second-order valence-electron chi connectivity index (χ2n) is 5.89. The van der Waals surface area contributed by atoms with Crippen LogP contribution >= 0.6 is 0 Å². The van der Waals surface area contributed by atoms with Crippen LogP contribution in [0.4, 0.5) is 4.79 Å². The summed E-state index contributed by atoms with van der Waals surface area (Å²) in [7, 11) is 1.27. The third-order valence-electron chi connectivity index (χ3n) is 4.01. The van der Waals surface area contributed by atoms with Crippen molar-refractivity contribution in [3.63, 3.8) is 0 Å². The van der Waals surface area contributed by atoms with E-state index in [-0.39, 0.29) is 23.1 Å². The molecule has 1 amide bonds. The van der Waals surface area contributed by atoms with Gasteiger partial charge in [0, 0.05) is 24.1 Å². The van der Waals surface area contributed by atoms with E-state index in [2.05, 4.69) is 10.1 Å². The molecular weight excluding hydrogens is 326 g/mol. The Morgan fingerprint density at radius 1 is 1.40 bits per heavy atom. The van der Waals surface area contributed by atoms with Gasteiger partial charge in [0.05, 0.1) is 7.11 Å². The number of nitrogens with one attached hydrogen (secondary N) is 1. The average Bonchev–Trinajstić information content (AvgIpc) is 2.59. The Morgan fingerprint density at radius 3 is 2.64 bits per heavy atom. The van der Waals surface area contributed by atoms with Crippen LogP contribution < -0.4 is 10.9 Å². The largest absolute Gasteiger partial charge is 0.507 e. The van der Waals surface area contributed by atoms with Gasteiger partial charge in [-0.25, -0.2) is 9.59 Å². The molecule has 2 unspecified atom stereocenters. The van der Waals surface area contributed by atoms with Gasteiger partial charge in [-0.3, -0.25) is 10.1 Å². The van der Waals surface area contributed by atoms with Crippen LogP contribution in [0.2, 0.25) is 0 Å². The van der Waals surface area contributed by atoms with Crippen LogP contribution in [0, 0.1) is 5.92 Å². The Labute approximate surface area is 146 Å². The number of aromatic hydroxyl groups is 1. The maximum atomic E-state index is 12.1. The van der Waals surface area contributed by atoms with Crippen molar-refractivity contribution in [1.29, 1.82) is 0 Å². The number of rotatable bonds is 8. The molecule has 138 valence electrons. The average molecular weight is 351 g/mol. The number of ether oxygens (including phenoxy) is 1. The fourth-order valence-corrected chi connectivity index (χ4v) is 2.16. The summed E-state index contributed by atoms with van der Waals surface area (Å²) in [4.78, 5) is 35.1. The Balaban J connectivity index is 2.78. The van der Waals surface area contributed by atoms with E-state index in [0.717, 1.165) is 0 Å². The van der Waals surface area contributed by atoms with Crippen molar-refractivity contribution in [3.05, 3.63) is 40.1 Å². The van der Waals surface area contributed by atoms with Crippen molar-refractivity contribution >= 4 is 11.9 Å². The van der Waals surface area contributed by atoms with Crippen molar-refractivity contribution < 1.29 is 23.8 Å². The summed E-state index contributed by atoms with van der Waals surface area (Å²) >= 11 is 0. The van der Waals surface area contributed by atoms with Crippen LogP contribution in [0.15, 0.2) is 27.6 Å². The molecular formula is C18H25NO6. The Hall–Kier alpha value is -2.57. The first kappa shape index (κ1) is 20.5. The van der Waals surface area contributed by atoms with Crippen LogP contribution in [0.5, 0.6) is 5.75 Å².